The Morgan fingerprint density at radius 1 is 1.42 bits per heavy atom. The molecule has 0 saturated carbocycles. The molecule has 0 spiro atoms. The van der Waals surface area contributed by atoms with Crippen LogP contribution in [0.4, 0.5) is 17.6 Å². The number of Topliss-reactive ketones (excluding diaryl/α,β-unsaturated/α-hetero) is 1. The zero-order chi connectivity index (χ0) is 14.6. The van der Waals surface area contributed by atoms with Crippen LogP contribution in [-0.2, 0) is 14.3 Å². The summed E-state index contributed by atoms with van der Waals surface area (Å²) in [5.41, 5.74) is 0. The predicted molar refractivity (Wildman–Crippen MR) is 57.6 cm³/mol. The fourth-order valence-corrected chi connectivity index (χ4v) is 1.80. The van der Waals surface area contributed by atoms with Crippen molar-refractivity contribution in [2.75, 3.05) is 25.6 Å². The van der Waals surface area contributed by atoms with Crippen LogP contribution in [0.2, 0.25) is 0 Å². The highest BCUT2D eigenvalue weighted by molar-refractivity contribution is 6.27. The Bertz CT molecular complexity index is 354. The number of ketones is 1. The molecule has 0 bridgehead atoms. The molecule has 1 atom stereocenters. The third-order valence-corrected chi connectivity index (χ3v) is 2.96. The molecule has 0 aromatic heterocycles. The summed E-state index contributed by atoms with van der Waals surface area (Å²) in [6.07, 6.45) is -4.39. The van der Waals surface area contributed by atoms with Crippen LogP contribution in [0.3, 0.4) is 0 Å². The van der Waals surface area contributed by atoms with Crippen LogP contribution in [-0.4, -0.2) is 60.6 Å². The molecule has 0 radical (unpaired) electrons. The van der Waals surface area contributed by atoms with Gasteiger partial charge in [-0.2, -0.15) is 8.78 Å². The molecule has 0 aliphatic carbocycles. The predicted octanol–water partition coefficient (Wildman–Crippen LogP) is 1.31. The first-order valence-electron chi connectivity index (χ1n) is 5.43. The van der Waals surface area contributed by atoms with E-state index in [0.29, 0.717) is 4.90 Å². The number of carbonyl (C=O) groups is 2. The average Bonchev–Trinajstić information content (AvgIpc) is 2.38. The molecule has 110 valence electrons. The van der Waals surface area contributed by atoms with E-state index in [1.165, 1.54) is 0 Å². The van der Waals surface area contributed by atoms with Crippen LogP contribution in [0, 0.1) is 0 Å². The molecule has 1 aliphatic heterocycles. The van der Waals surface area contributed by atoms with Gasteiger partial charge in [-0.25, -0.2) is 8.78 Å². The molecule has 0 aromatic rings. The second kappa shape index (κ2) is 6.51. The Labute approximate surface area is 111 Å². The summed E-state index contributed by atoms with van der Waals surface area (Å²) >= 11 is 5.28. The van der Waals surface area contributed by atoms with E-state index >= 15 is 0 Å². The van der Waals surface area contributed by atoms with Crippen molar-refractivity contribution in [2.45, 2.75) is 24.8 Å². The number of rotatable bonds is 5. The first-order chi connectivity index (χ1) is 8.80. The van der Waals surface area contributed by atoms with Gasteiger partial charge < -0.3 is 9.64 Å². The highest BCUT2D eigenvalue weighted by Crippen LogP contribution is 2.27. The normalized spacial score (nSPS) is 20.7. The molecule has 19 heavy (non-hydrogen) atoms. The van der Waals surface area contributed by atoms with E-state index in [-0.39, 0.29) is 32.1 Å². The van der Waals surface area contributed by atoms with Gasteiger partial charge in [0.2, 0.25) is 0 Å². The van der Waals surface area contributed by atoms with Gasteiger partial charge in [-0.3, -0.25) is 9.59 Å². The van der Waals surface area contributed by atoms with Crippen molar-refractivity contribution in [2.24, 2.45) is 0 Å². The summed E-state index contributed by atoms with van der Waals surface area (Å²) in [6, 6.07) is -0.989. The smallest absolute Gasteiger partial charge is 0.377 e. The van der Waals surface area contributed by atoms with Crippen LogP contribution >= 0.6 is 11.6 Å². The van der Waals surface area contributed by atoms with Crippen molar-refractivity contribution < 1.29 is 31.9 Å². The summed E-state index contributed by atoms with van der Waals surface area (Å²) in [7, 11) is 0. The lowest BCUT2D eigenvalue weighted by molar-refractivity contribution is -0.187. The molecular formula is C10H12ClF4NO3. The van der Waals surface area contributed by atoms with Crippen LogP contribution < -0.4 is 0 Å². The Balaban J connectivity index is 2.82. The Morgan fingerprint density at radius 2 is 2.05 bits per heavy atom. The molecule has 1 rings (SSSR count). The lowest BCUT2D eigenvalue weighted by Crippen LogP contribution is -2.56. The van der Waals surface area contributed by atoms with Crippen molar-refractivity contribution in [3.05, 3.63) is 0 Å². The SMILES string of the molecule is O=C(CCl)CC1COCCN1C(=O)C(F)(F)C(F)F. The number of halogens is 5. The second-order valence-electron chi connectivity index (χ2n) is 4.03. The number of carbonyl (C=O) groups excluding carboxylic acids is 2. The molecule has 1 unspecified atom stereocenters. The molecule has 1 fully saturated rings. The Morgan fingerprint density at radius 3 is 2.58 bits per heavy atom. The van der Waals surface area contributed by atoms with Gasteiger partial charge in [-0.1, -0.05) is 0 Å². The molecule has 1 amide bonds. The van der Waals surface area contributed by atoms with Crippen LogP contribution in [0.25, 0.3) is 0 Å². The monoisotopic (exact) mass is 305 g/mol. The molecule has 1 aliphatic rings. The summed E-state index contributed by atoms with van der Waals surface area (Å²) in [5.74, 6) is -7.57. The Hall–Kier alpha value is -0.890. The van der Waals surface area contributed by atoms with Crippen LogP contribution in [0.5, 0.6) is 0 Å². The maximum absolute atomic E-state index is 13.0. The van der Waals surface area contributed by atoms with Crippen molar-refractivity contribution in [1.82, 2.24) is 4.90 Å². The standard InChI is InChI=1S/C10H12ClF4NO3/c11-4-7(17)3-6-5-19-2-1-16(6)9(18)10(14,15)8(12)13/h6,8H,1-5H2. The third-order valence-electron chi connectivity index (χ3n) is 2.66. The summed E-state index contributed by atoms with van der Waals surface area (Å²) in [4.78, 5) is 23.2. The van der Waals surface area contributed by atoms with Crippen LogP contribution in [0.1, 0.15) is 6.42 Å². The topological polar surface area (TPSA) is 46.6 Å². The molecule has 1 heterocycles. The van der Waals surface area contributed by atoms with E-state index in [2.05, 4.69) is 0 Å². The molecule has 4 nitrogen and oxygen atoms in total. The minimum atomic E-state index is -4.76. The van der Waals surface area contributed by atoms with Gasteiger partial charge in [0.15, 0.2) is 0 Å². The van der Waals surface area contributed by atoms with Gasteiger partial charge in [-0.05, 0) is 0 Å². The summed E-state index contributed by atoms with van der Waals surface area (Å²) < 4.78 is 55.3. The minimum absolute atomic E-state index is 0.0450. The molecule has 0 aromatic carbocycles. The number of alkyl halides is 5. The quantitative estimate of drug-likeness (QED) is 0.568. The maximum atomic E-state index is 13.0. The van der Waals surface area contributed by atoms with Crippen molar-refractivity contribution >= 4 is 23.3 Å². The Kier molecular flexibility index (Phi) is 5.54. The number of nitrogens with zero attached hydrogens (tertiary/aromatic N) is 1. The number of morpholine rings is 1. The number of hydrogen-bond acceptors (Lipinski definition) is 3. The van der Waals surface area contributed by atoms with E-state index < -0.39 is 30.1 Å². The lowest BCUT2D eigenvalue weighted by Gasteiger charge is -2.36. The van der Waals surface area contributed by atoms with E-state index in [1.807, 2.05) is 0 Å². The van der Waals surface area contributed by atoms with Gasteiger partial charge >= 0.3 is 12.3 Å². The largest absolute Gasteiger partial charge is 0.383 e. The van der Waals surface area contributed by atoms with E-state index in [1.54, 1.807) is 0 Å². The van der Waals surface area contributed by atoms with E-state index in [9.17, 15) is 27.2 Å². The zero-order valence-corrected chi connectivity index (χ0v) is 10.5. The number of ether oxygens (including phenoxy) is 1. The van der Waals surface area contributed by atoms with E-state index in [4.69, 9.17) is 16.3 Å². The van der Waals surface area contributed by atoms with Gasteiger partial charge in [-0.15, -0.1) is 11.6 Å². The van der Waals surface area contributed by atoms with Crippen molar-refractivity contribution in [1.29, 1.82) is 0 Å². The maximum Gasteiger partial charge on any atom is 0.383 e. The minimum Gasteiger partial charge on any atom is -0.377 e. The molecule has 9 heteroatoms. The third kappa shape index (κ3) is 3.79. The van der Waals surface area contributed by atoms with Crippen LogP contribution in [0.15, 0.2) is 0 Å². The van der Waals surface area contributed by atoms with Gasteiger partial charge in [0.25, 0.3) is 5.91 Å². The van der Waals surface area contributed by atoms with Crippen molar-refractivity contribution in [3.8, 4) is 0 Å². The molecule has 0 N–H and O–H groups in total. The zero-order valence-electron chi connectivity index (χ0n) is 9.75. The molecular weight excluding hydrogens is 294 g/mol. The first kappa shape index (κ1) is 16.2. The van der Waals surface area contributed by atoms with Gasteiger partial charge in [0, 0.05) is 13.0 Å². The fraction of sp³-hybridized carbons (Fsp3) is 0.800. The van der Waals surface area contributed by atoms with Gasteiger partial charge in [0.1, 0.15) is 5.78 Å². The summed E-state index contributed by atoms with van der Waals surface area (Å²) in [6.45, 7) is -0.467. The van der Waals surface area contributed by atoms with Gasteiger partial charge in [0.05, 0.1) is 25.1 Å². The second-order valence-corrected chi connectivity index (χ2v) is 4.29. The highest BCUT2D eigenvalue weighted by atomic mass is 35.5. The number of amides is 1. The summed E-state index contributed by atoms with van der Waals surface area (Å²) in [5, 5.41) is 0. The fourth-order valence-electron chi connectivity index (χ4n) is 1.69. The van der Waals surface area contributed by atoms with E-state index in [0.717, 1.165) is 0 Å². The van der Waals surface area contributed by atoms with Crippen molar-refractivity contribution in [3.63, 3.8) is 0 Å². The number of hydrogen-bond donors (Lipinski definition) is 0. The lowest BCUT2D eigenvalue weighted by atomic mass is 10.1. The highest BCUT2D eigenvalue weighted by Gasteiger charge is 2.52. The average molecular weight is 306 g/mol. The first-order valence-corrected chi connectivity index (χ1v) is 5.96. The molecule has 1 saturated heterocycles.